The van der Waals surface area contributed by atoms with Gasteiger partial charge in [0.15, 0.2) is 0 Å². The van der Waals surface area contributed by atoms with E-state index in [2.05, 4.69) is 63.9 Å². The summed E-state index contributed by atoms with van der Waals surface area (Å²) < 4.78 is 3.15. The lowest BCUT2D eigenvalue weighted by molar-refractivity contribution is 0.513. The maximum Gasteiger partial charge on any atom is 0.0485 e. The molecule has 4 heteroatoms. The van der Waals surface area contributed by atoms with Crippen molar-refractivity contribution in [3.63, 3.8) is 0 Å². The summed E-state index contributed by atoms with van der Waals surface area (Å²) in [7, 11) is 0. The Labute approximate surface area is 116 Å². The molecule has 0 saturated carbocycles. The van der Waals surface area contributed by atoms with Crippen LogP contribution in [0.4, 0.5) is 0 Å². The summed E-state index contributed by atoms with van der Waals surface area (Å²) in [6, 6.07) is 4.28. The summed E-state index contributed by atoms with van der Waals surface area (Å²) in [5, 5.41) is 0. The molecule has 2 heterocycles. The molecule has 0 aliphatic rings. The molecule has 96 valence electrons. The van der Waals surface area contributed by atoms with Crippen LogP contribution < -0.4 is 5.73 Å². The highest BCUT2D eigenvalue weighted by molar-refractivity contribution is 9.10. The number of nitrogens with zero attached hydrogens (tertiary/aromatic N) is 2. The number of hydrogen-bond acceptors (Lipinski definition) is 2. The second kappa shape index (κ2) is 5.67. The van der Waals surface area contributed by atoms with Gasteiger partial charge in [0.1, 0.15) is 0 Å². The molecule has 2 rings (SSSR count). The van der Waals surface area contributed by atoms with E-state index < -0.39 is 0 Å². The van der Waals surface area contributed by atoms with Crippen LogP contribution in [0.25, 0.3) is 0 Å². The molecule has 2 N–H and O–H groups in total. The summed E-state index contributed by atoms with van der Waals surface area (Å²) in [6.45, 7) is 5.09. The van der Waals surface area contributed by atoms with E-state index in [0.717, 1.165) is 11.0 Å². The number of hydrogen-bond donors (Lipinski definition) is 1. The van der Waals surface area contributed by atoms with Crippen molar-refractivity contribution in [2.75, 3.05) is 0 Å². The van der Waals surface area contributed by atoms with Crippen LogP contribution in [0.3, 0.4) is 0 Å². The molecule has 0 spiro atoms. The minimum absolute atomic E-state index is 0.104. The Hall–Kier alpha value is -1.13. The molecule has 18 heavy (non-hydrogen) atoms. The highest BCUT2D eigenvalue weighted by atomic mass is 79.9. The van der Waals surface area contributed by atoms with Gasteiger partial charge in [0.05, 0.1) is 0 Å². The zero-order valence-corrected chi connectivity index (χ0v) is 12.3. The van der Waals surface area contributed by atoms with Crippen LogP contribution in [0, 0.1) is 5.92 Å². The molecular weight excluding hydrogens is 290 g/mol. The van der Waals surface area contributed by atoms with Crippen LogP contribution in [0.15, 0.2) is 41.4 Å². The highest BCUT2D eigenvalue weighted by Gasteiger charge is 2.11. The smallest absolute Gasteiger partial charge is 0.0485 e. The number of aromatic nitrogens is 2. The molecule has 2 aromatic rings. The zero-order valence-electron chi connectivity index (χ0n) is 10.7. The molecule has 1 atom stereocenters. The van der Waals surface area contributed by atoms with E-state index in [4.69, 9.17) is 5.73 Å². The van der Waals surface area contributed by atoms with Crippen molar-refractivity contribution in [1.82, 2.24) is 9.55 Å². The van der Waals surface area contributed by atoms with Crippen LogP contribution in [-0.2, 0) is 6.54 Å². The van der Waals surface area contributed by atoms with E-state index >= 15 is 0 Å². The predicted molar refractivity (Wildman–Crippen MR) is 77.2 cm³/mol. The van der Waals surface area contributed by atoms with Crippen molar-refractivity contribution in [3.05, 3.63) is 52.5 Å². The molecule has 0 amide bonds. The fraction of sp³-hybridized carbons (Fsp3) is 0.357. The summed E-state index contributed by atoms with van der Waals surface area (Å²) in [4.78, 5) is 4.17. The average molecular weight is 308 g/mol. The van der Waals surface area contributed by atoms with E-state index in [1.165, 1.54) is 11.1 Å². The van der Waals surface area contributed by atoms with E-state index in [9.17, 15) is 0 Å². The summed E-state index contributed by atoms with van der Waals surface area (Å²) >= 11 is 3.43. The Balaban J connectivity index is 2.11. The van der Waals surface area contributed by atoms with Gasteiger partial charge in [0, 0.05) is 41.8 Å². The Morgan fingerprint density at radius 1 is 1.39 bits per heavy atom. The van der Waals surface area contributed by atoms with E-state index in [-0.39, 0.29) is 6.04 Å². The van der Waals surface area contributed by atoms with Gasteiger partial charge in [0.2, 0.25) is 0 Å². The fourth-order valence-electron chi connectivity index (χ4n) is 1.89. The van der Waals surface area contributed by atoms with E-state index in [1.54, 1.807) is 6.20 Å². The van der Waals surface area contributed by atoms with Crippen molar-refractivity contribution in [1.29, 1.82) is 0 Å². The summed E-state index contributed by atoms with van der Waals surface area (Å²) in [6.07, 6.45) is 7.86. The molecule has 0 fully saturated rings. The highest BCUT2D eigenvalue weighted by Crippen LogP contribution is 2.19. The quantitative estimate of drug-likeness (QED) is 0.941. The van der Waals surface area contributed by atoms with Crippen LogP contribution in [0.2, 0.25) is 0 Å². The summed E-state index contributed by atoms with van der Waals surface area (Å²) in [5.41, 5.74) is 8.49. The molecule has 0 radical (unpaired) electrons. The monoisotopic (exact) mass is 307 g/mol. The fourth-order valence-corrected chi connectivity index (χ4v) is 2.31. The van der Waals surface area contributed by atoms with Gasteiger partial charge < -0.3 is 10.3 Å². The molecule has 2 aromatic heterocycles. The lowest BCUT2D eigenvalue weighted by atomic mass is 10.00. The number of nitrogens with two attached hydrogens (primary N) is 1. The molecule has 0 aliphatic carbocycles. The Morgan fingerprint density at radius 3 is 2.83 bits per heavy atom. The molecule has 0 aliphatic heterocycles. The van der Waals surface area contributed by atoms with E-state index in [0.29, 0.717) is 5.92 Å². The van der Waals surface area contributed by atoms with Gasteiger partial charge in [-0.05, 0) is 45.1 Å². The number of pyridine rings is 1. The normalized spacial score (nSPS) is 12.9. The predicted octanol–water partition coefficient (Wildman–Crippen LogP) is 3.35. The second-order valence-corrected chi connectivity index (χ2v) is 5.81. The summed E-state index contributed by atoms with van der Waals surface area (Å²) in [5.74, 6) is 0.452. The van der Waals surface area contributed by atoms with Gasteiger partial charge in [-0.2, -0.15) is 0 Å². The largest absolute Gasteiger partial charge is 0.350 e. The SMILES string of the molecule is CC(C)C(N)c1ccn(Cc2cncc(Br)c2)c1. The third-order valence-corrected chi connectivity index (χ3v) is 3.44. The number of halogens is 1. The minimum atomic E-state index is 0.104. The molecule has 0 saturated heterocycles. The Morgan fingerprint density at radius 2 is 2.17 bits per heavy atom. The minimum Gasteiger partial charge on any atom is -0.350 e. The van der Waals surface area contributed by atoms with Gasteiger partial charge in [-0.1, -0.05) is 13.8 Å². The third kappa shape index (κ3) is 3.21. The zero-order chi connectivity index (χ0) is 13.1. The van der Waals surface area contributed by atoms with Crippen molar-refractivity contribution in [2.45, 2.75) is 26.4 Å². The molecular formula is C14H18BrN3. The first-order valence-electron chi connectivity index (χ1n) is 6.07. The third-order valence-electron chi connectivity index (χ3n) is 3.00. The van der Waals surface area contributed by atoms with Gasteiger partial charge >= 0.3 is 0 Å². The maximum absolute atomic E-state index is 6.14. The van der Waals surface area contributed by atoms with Gasteiger partial charge in [-0.3, -0.25) is 4.98 Å². The van der Waals surface area contributed by atoms with Crippen molar-refractivity contribution < 1.29 is 0 Å². The Kier molecular flexibility index (Phi) is 4.19. The maximum atomic E-state index is 6.14. The van der Waals surface area contributed by atoms with E-state index in [1.807, 2.05) is 6.20 Å². The van der Waals surface area contributed by atoms with Crippen molar-refractivity contribution in [2.24, 2.45) is 11.7 Å². The lowest BCUT2D eigenvalue weighted by Crippen LogP contribution is -2.15. The second-order valence-electron chi connectivity index (χ2n) is 4.90. The van der Waals surface area contributed by atoms with Gasteiger partial charge in [0.25, 0.3) is 0 Å². The van der Waals surface area contributed by atoms with Crippen LogP contribution >= 0.6 is 15.9 Å². The number of rotatable bonds is 4. The Bertz CT molecular complexity index is 519. The molecule has 1 unspecified atom stereocenters. The van der Waals surface area contributed by atoms with Crippen LogP contribution in [-0.4, -0.2) is 9.55 Å². The molecule has 0 bridgehead atoms. The van der Waals surface area contributed by atoms with Crippen molar-refractivity contribution >= 4 is 15.9 Å². The molecule has 3 nitrogen and oxygen atoms in total. The first-order chi connectivity index (χ1) is 8.56. The van der Waals surface area contributed by atoms with Gasteiger partial charge in [-0.15, -0.1) is 0 Å². The van der Waals surface area contributed by atoms with Crippen LogP contribution in [0.5, 0.6) is 0 Å². The topological polar surface area (TPSA) is 43.8 Å². The first kappa shape index (κ1) is 13.3. The standard InChI is InChI=1S/C14H18BrN3/c1-10(2)14(16)12-3-4-18(9-12)8-11-5-13(15)7-17-6-11/h3-7,9-10,14H,8,16H2,1-2H3. The van der Waals surface area contributed by atoms with Crippen molar-refractivity contribution in [3.8, 4) is 0 Å². The first-order valence-corrected chi connectivity index (χ1v) is 6.86. The average Bonchev–Trinajstić information content (AvgIpc) is 2.76. The molecule has 0 aromatic carbocycles. The van der Waals surface area contributed by atoms with Gasteiger partial charge in [-0.25, -0.2) is 0 Å². The lowest BCUT2D eigenvalue weighted by Gasteiger charge is -2.13. The van der Waals surface area contributed by atoms with Crippen LogP contribution in [0.1, 0.15) is 31.0 Å².